The number of aliphatic hydroxyl groups is 1. The van der Waals surface area contributed by atoms with Gasteiger partial charge in [0, 0.05) is 23.8 Å². The number of anilines is 1. The summed E-state index contributed by atoms with van der Waals surface area (Å²) in [5.41, 5.74) is 2.12. The third-order valence-corrected chi connectivity index (χ3v) is 3.08. The summed E-state index contributed by atoms with van der Waals surface area (Å²) < 4.78 is 5.61. The van der Waals surface area contributed by atoms with Crippen LogP contribution < -0.4 is 4.90 Å². The average molecular weight is 221 g/mol. The molecule has 1 N–H and O–H groups in total. The second-order valence-electron chi connectivity index (χ2n) is 4.43. The second kappa shape index (κ2) is 4.85. The van der Waals surface area contributed by atoms with Crippen LogP contribution in [0, 0.1) is 0 Å². The van der Waals surface area contributed by atoms with Crippen molar-refractivity contribution in [1.29, 1.82) is 0 Å². The molecule has 88 valence electrons. The number of hydrogen-bond donors (Lipinski definition) is 1. The summed E-state index contributed by atoms with van der Waals surface area (Å²) in [4.78, 5) is 2.32. The molecule has 0 bridgehead atoms. The van der Waals surface area contributed by atoms with Crippen LogP contribution >= 0.6 is 0 Å². The molecular formula is C13H19NO2. The molecule has 3 heteroatoms. The molecule has 1 heterocycles. The molecule has 1 aromatic rings. The van der Waals surface area contributed by atoms with Crippen LogP contribution in [0.25, 0.3) is 0 Å². The van der Waals surface area contributed by atoms with E-state index in [1.165, 1.54) is 0 Å². The van der Waals surface area contributed by atoms with Crippen molar-refractivity contribution in [3.05, 3.63) is 29.8 Å². The maximum absolute atomic E-state index is 9.34. The van der Waals surface area contributed by atoms with Gasteiger partial charge in [-0.25, -0.2) is 0 Å². The van der Waals surface area contributed by atoms with Gasteiger partial charge in [0.2, 0.25) is 0 Å². The Morgan fingerprint density at radius 1 is 1.38 bits per heavy atom. The number of hydrogen-bond acceptors (Lipinski definition) is 3. The molecule has 1 aliphatic rings. The van der Waals surface area contributed by atoms with Crippen LogP contribution in [-0.4, -0.2) is 30.4 Å². The fourth-order valence-electron chi connectivity index (χ4n) is 2.16. The van der Waals surface area contributed by atoms with E-state index in [9.17, 15) is 5.11 Å². The van der Waals surface area contributed by atoms with Crippen LogP contribution in [0.2, 0.25) is 0 Å². The Balaban J connectivity index is 2.27. The monoisotopic (exact) mass is 221 g/mol. The summed E-state index contributed by atoms with van der Waals surface area (Å²) in [6.45, 7) is 5.97. The molecule has 0 aromatic heterocycles. The van der Waals surface area contributed by atoms with Crippen LogP contribution in [0.15, 0.2) is 24.3 Å². The van der Waals surface area contributed by atoms with Gasteiger partial charge in [0.1, 0.15) is 0 Å². The number of nitrogens with zero attached hydrogens (tertiary/aromatic N) is 1. The van der Waals surface area contributed by atoms with Gasteiger partial charge in [0.25, 0.3) is 0 Å². The number of ether oxygens (including phenoxy) is 1. The Bertz CT molecular complexity index is 354. The minimum Gasteiger partial charge on any atom is -0.392 e. The SMILES string of the molecule is CC1CN(c2ccccc2CO)C(C)CO1. The topological polar surface area (TPSA) is 32.7 Å². The molecule has 16 heavy (non-hydrogen) atoms. The molecule has 1 aliphatic heterocycles. The molecular weight excluding hydrogens is 202 g/mol. The largest absolute Gasteiger partial charge is 0.392 e. The zero-order valence-electron chi connectivity index (χ0n) is 9.89. The van der Waals surface area contributed by atoms with Gasteiger partial charge in [-0.15, -0.1) is 0 Å². The molecule has 0 saturated carbocycles. The second-order valence-corrected chi connectivity index (χ2v) is 4.43. The van der Waals surface area contributed by atoms with Crippen LogP contribution in [0.3, 0.4) is 0 Å². The number of aliphatic hydroxyl groups excluding tert-OH is 1. The number of rotatable bonds is 2. The lowest BCUT2D eigenvalue weighted by Crippen LogP contribution is -2.47. The van der Waals surface area contributed by atoms with E-state index in [1.54, 1.807) is 0 Å². The number of morpholine rings is 1. The first-order chi connectivity index (χ1) is 7.72. The van der Waals surface area contributed by atoms with Gasteiger partial charge in [0.15, 0.2) is 0 Å². The predicted molar refractivity (Wildman–Crippen MR) is 64.6 cm³/mol. The predicted octanol–water partition coefficient (Wildman–Crippen LogP) is 1.79. The number of benzene rings is 1. The Labute approximate surface area is 96.6 Å². The fraction of sp³-hybridized carbons (Fsp3) is 0.538. The molecule has 0 radical (unpaired) electrons. The maximum atomic E-state index is 9.34. The van der Waals surface area contributed by atoms with Gasteiger partial charge in [-0.05, 0) is 19.9 Å². The molecule has 1 aromatic carbocycles. The Morgan fingerprint density at radius 3 is 2.88 bits per heavy atom. The maximum Gasteiger partial charge on any atom is 0.0723 e. The summed E-state index contributed by atoms with van der Waals surface area (Å²) in [5, 5.41) is 9.34. The van der Waals surface area contributed by atoms with Crippen molar-refractivity contribution in [1.82, 2.24) is 0 Å². The van der Waals surface area contributed by atoms with Crippen molar-refractivity contribution in [2.75, 3.05) is 18.1 Å². The zero-order chi connectivity index (χ0) is 11.5. The van der Waals surface area contributed by atoms with Gasteiger partial charge in [-0.3, -0.25) is 0 Å². The summed E-state index contributed by atoms with van der Waals surface area (Å²) in [5.74, 6) is 0. The van der Waals surface area contributed by atoms with E-state index >= 15 is 0 Å². The molecule has 0 amide bonds. The molecule has 1 fully saturated rings. The Kier molecular flexibility index (Phi) is 3.46. The molecule has 2 rings (SSSR count). The molecule has 3 nitrogen and oxygen atoms in total. The third kappa shape index (κ3) is 2.20. The van der Waals surface area contributed by atoms with Gasteiger partial charge < -0.3 is 14.7 Å². The van der Waals surface area contributed by atoms with Crippen molar-refractivity contribution < 1.29 is 9.84 Å². The van der Waals surface area contributed by atoms with Crippen molar-refractivity contribution in [3.63, 3.8) is 0 Å². The summed E-state index contributed by atoms with van der Waals surface area (Å²) >= 11 is 0. The highest BCUT2D eigenvalue weighted by molar-refractivity contribution is 5.54. The Hall–Kier alpha value is -1.06. The van der Waals surface area contributed by atoms with E-state index in [4.69, 9.17) is 4.74 Å². The van der Waals surface area contributed by atoms with Crippen molar-refractivity contribution in [3.8, 4) is 0 Å². The van der Waals surface area contributed by atoms with E-state index in [2.05, 4.69) is 24.8 Å². The summed E-state index contributed by atoms with van der Waals surface area (Å²) in [6.07, 6.45) is 0.253. The smallest absolute Gasteiger partial charge is 0.0723 e. The van der Waals surface area contributed by atoms with Crippen molar-refractivity contribution >= 4 is 5.69 Å². The first-order valence-corrected chi connectivity index (χ1v) is 5.79. The zero-order valence-corrected chi connectivity index (χ0v) is 9.89. The lowest BCUT2D eigenvalue weighted by atomic mass is 10.1. The molecule has 2 unspecified atom stereocenters. The minimum absolute atomic E-state index is 0.0919. The van der Waals surface area contributed by atoms with E-state index in [1.807, 2.05) is 18.2 Å². The number of para-hydroxylation sites is 1. The van der Waals surface area contributed by atoms with Gasteiger partial charge in [0.05, 0.1) is 19.3 Å². The first kappa shape index (κ1) is 11.4. The van der Waals surface area contributed by atoms with Crippen molar-refractivity contribution in [2.45, 2.75) is 32.6 Å². The lowest BCUT2D eigenvalue weighted by Gasteiger charge is -2.39. The highest BCUT2D eigenvalue weighted by Gasteiger charge is 2.24. The quantitative estimate of drug-likeness (QED) is 0.826. The van der Waals surface area contributed by atoms with Gasteiger partial charge in [-0.1, -0.05) is 18.2 Å². The molecule has 2 atom stereocenters. The molecule has 1 saturated heterocycles. The van der Waals surface area contributed by atoms with Crippen LogP contribution in [-0.2, 0) is 11.3 Å². The molecule has 0 aliphatic carbocycles. The van der Waals surface area contributed by atoms with E-state index in [-0.39, 0.29) is 12.7 Å². The average Bonchev–Trinajstić information content (AvgIpc) is 2.32. The summed E-state index contributed by atoms with van der Waals surface area (Å²) in [7, 11) is 0. The molecule has 0 spiro atoms. The van der Waals surface area contributed by atoms with Crippen LogP contribution in [0.5, 0.6) is 0 Å². The normalized spacial score (nSPS) is 25.8. The third-order valence-electron chi connectivity index (χ3n) is 3.08. The highest BCUT2D eigenvalue weighted by Crippen LogP contribution is 2.25. The van der Waals surface area contributed by atoms with Crippen LogP contribution in [0.4, 0.5) is 5.69 Å². The highest BCUT2D eigenvalue weighted by atomic mass is 16.5. The lowest BCUT2D eigenvalue weighted by molar-refractivity contribution is 0.0342. The Morgan fingerprint density at radius 2 is 2.12 bits per heavy atom. The van der Waals surface area contributed by atoms with E-state index < -0.39 is 0 Å². The standard InChI is InChI=1S/C13H19NO2/c1-10-9-16-11(2)7-14(10)13-6-4-3-5-12(13)8-15/h3-6,10-11,15H,7-9H2,1-2H3. The first-order valence-electron chi connectivity index (χ1n) is 5.79. The van der Waals surface area contributed by atoms with Gasteiger partial charge in [-0.2, -0.15) is 0 Å². The van der Waals surface area contributed by atoms with Crippen LogP contribution in [0.1, 0.15) is 19.4 Å². The van der Waals surface area contributed by atoms with E-state index in [0.29, 0.717) is 6.04 Å². The summed E-state index contributed by atoms with van der Waals surface area (Å²) in [6, 6.07) is 8.39. The van der Waals surface area contributed by atoms with Gasteiger partial charge >= 0.3 is 0 Å². The van der Waals surface area contributed by atoms with Crippen molar-refractivity contribution in [2.24, 2.45) is 0 Å². The minimum atomic E-state index is 0.0919. The fourth-order valence-corrected chi connectivity index (χ4v) is 2.16. The van der Waals surface area contributed by atoms with E-state index in [0.717, 1.165) is 24.4 Å².